The van der Waals surface area contributed by atoms with Crippen molar-refractivity contribution in [2.75, 3.05) is 6.61 Å². The molecule has 4 nitrogen and oxygen atoms in total. The molecule has 17 heavy (non-hydrogen) atoms. The van der Waals surface area contributed by atoms with Crippen LogP contribution in [0.25, 0.3) is 0 Å². The van der Waals surface area contributed by atoms with Crippen molar-refractivity contribution in [3.05, 3.63) is 0 Å². The minimum atomic E-state index is -0.875. The van der Waals surface area contributed by atoms with Gasteiger partial charge in [-0.15, -0.1) is 0 Å². The first kappa shape index (κ1) is 14.9. The van der Waals surface area contributed by atoms with Crippen LogP contribution in [0.2, 0.25) is 0 Å². The predicted molar refractivity (Wildman–Crippen MR) is 65.2 cm³/mol. The summed E-state index contributed by atoms with van der Waals surface area (Å²) in [5.74, 6) is 0.278. The van der Waals surface area contributed by atoms with Crippen molar-refractivity contribution in [2.24, 2.45) is 16.7 Å². The Morgan fingerprint density at radius 1 is 1.24 bits per heavy atom. The van der Waals surface area contributed by atoms with Crippen LogP contribution < -0.4 is 0 Å². The normalized spacial score (nSPS) is 34.1. The number of aliphatic hydroxyl groups is 2. The first-order chi connectivity index (χ1) is 7.63. The Morgan fingerprint density at radius 3 is 2.18 bits per heavy atom. The van der Waals surface area contributed by atoms with E-state index in [4.69, 9.17) is 9.47 Å². The van der Waals surface area contributed by atoms with Crippen LogP contribution in [-0.2, 0) is 9.47 Å². The van der Waals surface area contributed by atoms with Crippen molar-refractivity contribution in [2.45, 2.75) is 60.2 Å². The van der Waals surface area contributed by atoms with E-state index in [2.05, 4.69) is 13.8 Å². The molecule has 3 unspecified atom stereocenters. The van der Waals surface area contributed by atoms with Crippen LogP contribution in [0.3, 0.4) is 0 Å². The third-order valence-electron chi connectivity index (χ3n) is 3.54. The van der Waals surface area contributed by atoms with Crippen LogP contribution in [0.15, 0.2) is 0 Å². The summed E-state index contributed by atoms with van der Waals surface area (Å²) in [7, 11) is 0. The summed E-state index contributed by atoms with van der Waals surface area (Å²) >= 11 is 0. The van der Waals surface area contributed by atoms with E-state index in [0.29, 0.717) is 0 Å². The van der Waals surface area contributed by atoms with Gasteiger partial charge in [-0.1, -0.05) is 41.5 Å². The lowest BCUT2D eigenvalue weighted by molar-refractivity contribution is -0.377. The summed E-state index contributed by atoms with van der Waals surface area (Å²) in [5, 5.41) is 19.4. The largest absolute Gasteiger partial charge is 0.396 e. The molecule has 3 atom stereocenters. The number of hydrogen-bond donors (Lipinski definition) is 2. The van der Waals surface area contributed by atoms with Gasteiger partial charge in [-0.25, -0.2) is 0 Å². The lowest BCUT2D eigenvalue weighted by atomic mass is 9.78. The maximum absolute atomic E-state index is 10.1. The van der Waals surface area contributed by atoms with Gasteiger partial charge in [0.1, 0.15) is 0 Å². The average molecular weight is 246 g/mol. The second kappa shape index (κ2) is 4.84. The molecule has 0 aromatic rings. The highest BCUT2D eigenvalue weighted by Crippen LogP contribution is 2.42. The van der Waals surface area contributed by atoms with Gasteiger partial charge in [0.15, 0.2) is 12.6 Å². The first-order valence-corrected chi connectivity index (χ1v) is 6.22. The number of rotatable bonds is 3. The minimum Gasteiger partial charge on any atom is -0.396 e. The molecule has 1 saturated heterocycles. The van der Waals surface area contributed by atoms with Gasteiger partial charge in [0.05, 0.1) is 12.7 Å². The fourth-order valence-electron chi connectivity index (χ4n) is 2.23. The lowest BCUT2D eigenvalue weighted by Gasteiger charge is -2.50. The average Bonchev–Trinajstić information content (AvgIpc) is 2.21. The number of aliphatic hydroxyl groups excluding tert-OH is 2. The molecule has 0 radical (unpaired) electrons. The van der Waals surface area contributed by atoms with Crippen molar-refractivity contribution < 1.29 is 19.7 Å². The maximum Gasteiger partial charge on any atom is 0.168 e. The Hall–Kier alpha value is -0.160. The quantitative estimate of drug-likeness (QED) is 0.796. The molecule has 1 rings (SSSR count). The second-order valence-electron chi connectivity index (χ2n) is 6.59. The fourth-order valence-corrected chi connectivity index (χ4v) is 2.23. The summed E-state index contributed by atoms with van der Waals surface area (Å²) in [5.41, 5.74) is -0.971. The summed E-state index contributed by atoms with van der Waals surface area (Å²) in [6.07, 6.45) is -1.55. The zero-order chi connectivity index (χ0) is 13.4. The van der Waals surface area contributed by atoms with Gasteiger partial charge < -0.3 is 19.7 Å². The van der Waals surface area contributed by atoms with Crippen molar-refractivity contribution >= 4 is 0 Å². The molecule has 0 aliphatic carbocycles. The molecule has 0 bridgehead atoms. The van der Waals surface area contributed by atoms with E-state index in [1.165, 1.54) is 0 Å². The molecule has 0 amide bonds. The summed E-state index contributed by atoms with van der Waals surface area (Å²) < 4.78 is 11.5. The molecule has 4 heteroatoms. The van der Waals surface area contributed by atoms with Gasteiger partial charge in [-0.05, 0) is 5.92 Å². The Kier molecular flexibility index (Phi) is 4.24. The molecule has 0 spiro atoms. The summed E-state index contributed by atoms with van der Waals surface area (Å²) in [6.45, 7) is 11.7. The van der Waals surface area contributed by atoms with E-state index >= 15 is 0 Å². The van der Waals surface area contributed by atoms with Crippen LogP contribution in [0, 0.1) is 16.7 Å². The summed E-state index contributed by atoms with van der Waals surface area (Å²) in [6, 6.07) is 0. The smallest absolute Gasteiger partial charge is 0.168 e. The van der Waals surface area contributed by atoms with Gasteiger partial charge >= 0.3 is 0 Å². The van der Waals surface area contributed by atoms with Crippen molar-refractivity contribution in [1.82, 2.24) is 0 Å². The highest BCUT2D eigenvalue weighted by atomic mass is 16.7. The third-order valence-corrected chi connectivity index (χ3v) is 3.54. The van der Waals surface area contributed by atoms with Crippen LogP contribution in [-0.4, -0.2) is 35.5 Å². The standard InChI is InChI=1S/C13H26O4/c1-8(2)9-13(5,6)10(15)17-11(16-9)12(3,4)7-14/h8-11,14-15H,7H2,1-6H3. The highest BCUT2D eigenvalue weighted by molar-refractivity contribution is 4.90. The number of hydrogen-bond acceptors (Lipinski definition) is 4. The van der Waals surface area contributed by atoms with Crippen LogP contribution >= 0.6 is 0 Å². The SMILES string of the molecule is CC(C)C1OC(C(C)(C)CO)OC(O)C1(C)C. The molecule has 1 aliphatic heterocycles. The van der Waals surface area contributed by atoms with Gasteiger partial charge in [-0.2, -0.15) is 0 Å². The zero-order valence-corrected chi connectivity index (χ0v) is 11.7. The van der Waals surface area contributed by atoms with E-state index in [9.17, 15) is 10.2 Å². The zero-order valence-electron chi connectivity index (χ0n) is 11.7. The third kappa shape index (κ3) is 2.81. The Labute approximate surface area is 104 Å². The molecule has 0 aromatic carbocycles. The van der Waals surface area contributed by atoms with E-state index in [1.807, 2.05) is 27.7 Å². The minimum absolute atomic E-state index is 0.0460. The first-order valence-electron chi connectivity index (χ1n) is 6.22. The van der Waals surface area contributed by atoms with Gasteiger partial charge in [-0.3, -0.25) is 0 Å². The van der Waals surface area contributed by atoms with Crippen LogP contribution in [0.1, 0.15) is 41.5 Å². The molecule has 1 heterocycles. The van der Waals surface area contributed by atoms with Crippen molar-refractivity contribution in [1.29, 1.82) is 0 Å². The van der Waals surface area contributed by atoms with E-state index in [1.54, 1.807) is 0 Å². The Balaban J connectivity index is 2.91. The highest BCUT2D eigenvalue weighted by Gasteiger charge is 2.49. The second-order valence-corrected chi connectivity index (χ2v) is 6.59. The fraction of sp³-hybridized carbons (Fsp3) is 1.00. The molecule has 0 saturated carbocycles. The van der Waals surface area contributed by atoms with Crippen molar-refractivity contribution in [3.63, 3.8) is 0 Å². The van der Waals surface area contributed by atoms with Crippen LogP contribution in [0.4, 0.5) is 0 Å². The lowest BCUT2D eigenvalue weighted by Crippen LogP contribution is -2.57. The van der Waals surface area contributed by atoms with Crippen molar-refractivity contribution in [3.8, 4) is 0 Å². The topological polar surface area (TPSA) is 58.9 Å². The Bertz CT molecular complexity index is 260. The van der Waals surface area contributed by atoms with E-state index < -0.39 is 23.4 Å². The monoisotopic (exact) mass is 246 g/mol. The molecule has 102 valence electrons. The Morgan fingerprint density at radius 2 is 1.76 bits per heavy atom. The van der Waals surface area contributed by atoms with Gasteiger partial charge in [0, 0.05) is 10.8 Å². The molecule has 0 aromatic heterocycles. The van der Waals surface area contributed by atoms with Crippen LogP contribution in [0.5, 0.6) is 0 Å². The molecule has 1 fully saturated rings. The molecular formula is C13H26O4. The van der Waals surface area contributed by atoms with Gasteiger partial charge in [0.25, 0.3) is 0 Å². The molecule has 2 N–H and O–H groups in total. The molecular weight excluding hydrogens is 220 g/mol. The van der Waals surface area contributed by atoms with E-state index in [0.717, 1.165) is 0 Å². The summed E-state index contributed by atoms with van der Waals surface area (Å²) in [4.78, 5) is 0. The maximum atomic E-state index is 10.1. The van der Waals surface area contributed by atoms with E-state index in [-0.39, 0.29) is 18.6 Å². The van der Waals surface area contributed by atoms with Gasteiger partial charge in [0.2, 0.25) is 0 Å². The number of ether oxygens (including phenoxy) is 2. The molecule has 1 aliphatic rings. The predicted octanol–water partition coefficient (Wildman–Crippen LogP) is 1.75.